The van der Waals surface area contributed by atoms with Crippen molar-refractivity contribution in [3.63, 3.8) is 0 Å². The highest BCUT2D eigenvalue weighted by atomic mass is 32.1. The lowest BCUT2D eigenvalue weighted by atomic mass is 10.0. The lowest BCUT2D eigenvalue weighted by molar-refractivity contribution is 0.0962. The zero-order chi connectivity index (χ0) is 22.0. The van der Waals surface area contributed by atoms with E-state index in [9.17, 15) is 4.79 Å². The summed E-state index contributed by atoms with van der Waals surface area (Å²) in [6.07, 6.45) is 3.62. The Kier molecular flexibility index (Phi) is 5.87. The molecule has 1 atom stereocenters. The van der Waals surface area contributed by atoms with Crippen LogP contribution in [0.2, 0.25) is 0 Å². The maximum atomic E-state index is 12.6. The molecule has 1 aliphatic heterocycles. The molecule has 1 aromatic carbocycles. The highest BCUT2D eigenvalue weighted by Gasteiger charge is 2.29. The molecule has 2 aromatic heterocycles. The van der Waals surface area contributed by atoms with E-state index in [1.807, 2.05) is 13.0 Å². The van der Waals surface area contributed by atoms with Crippen LogP contribution in [-0.2, 0) is 0 Å². The number of nitrogens with zero attached hydrogens (tertiary/aromatic N) is 4. The molecule has 0 bridgehead atoms. The van der Waals surface area contributed by atoms with Gasteiger partial charge in [0, 0.05) is 24.7 Å². The first-order valence-electron chi connectivity index (χ1n) is 10.2. The molecule has 1 unspecified atom stereocenters. The van der Waals surface area contributed by atoms with E-state index in [0.717, 1.165) is 30.8 Å². The molecule has 0 aliphatic carbocycles. The first-order chi connectivity index (χ1) is 15.0. The molecule has 0 saturated carbocycles. The Morgan fingerprint density at radius 1 is 1.29 bits per heavy atom. The lowest BCUT2D eigenvalue weighted by Gasteiger charge is -2.27. The second-order valence-corrected chi connectivity index (χ2v) is 8.64. The third-order valence-corrected chi connectivity index (χ3v) is 6.40. The smallest absolute Gasteiger partial charge is 0.251 e. The van der Waals surface area contributed by atoms with Gasteiger partial charge in [-0.15, -0.1) is 0 Å². The fourth-order valence-electron chi connectivity index (χ4n) is 3.90. The number of aryl methyl sites for hydroxylation is 1. The summed E-state index contributed by atoms with van der Waals surface area (Å²) in [4.78, 5) is 24.5. The SMILES string of the molecule is CNC(=O)c1cc(N2CCCC2c2ccc(C)cc2)nc(Nc2ncc(C#N)s2)c1C. The molecular formula is C23H24N6OS. The number of thiazole rings is 1. The van der Waals surface area contributed by atoms with Crippen LogP contribution in [0.3, 0.4) is 0 Å². The summed E-state index contributed by atoms with van der Waals surface area (Å²) in [6.45, 7) is 4.82. The number of pyridine rings is 1. The minimum absolute atomic E-state index is 0.160. The Labute approximate surface area is 185 Å². The van der Waals surface area contributed by atoms with Crippen LogP contribution in [0, 0.1) is 25.2 Å². The second kappa shape index (κ2) is 8.74. The van der Waals surface area contributed by atoms with Crippen molar-refractivity contribution in [3.8, 4) is 6.07 Å². The molecule has 1 fully saturated rings. The van der Waals surface area contributed by atoms with Crippen LogP contribution in [0.25, 0.3) is 0 Å². The summed E-state index contributed by atoms with van der Waals surface area (Å²) in [5.74, 6) is 1.17. The molecule has 0 spiro atoms. The van der Waals surface area contributed by atoms with Gasteiger partial charge in [0.05, 0.1) is 12.2 Å². The van der Waals surface area contributed by atoms with Crippen LogP contribution in [0.1, 0.15) is 50.8 Å². The predicted octanol–water partition coefficient (Wildman–Crippen LogP) is 4.47. The number of nitriles is 1. The van der Waals surface area contributed by atoms with E-state index in [2.05, 4.69) is 57.8 Å². The number of anilines is 3. The van der Waals surface area contributed by atoms with Crippen molar-refractivity contribution in [2.24, 2.45) is 0 Å². The average Bonchev–Trinajstić information content (AvgIpc) is 3.45. The van der Waals surface area contributed by atoms with Crippen molar-refractivity contribution >= 4 is 34.0 Å². The number of amides is 1. The van der Waals surface area contributed by atoms with E-state index in [-0.39, 0.29) is 11.9 Å². The highest BCUT2D eigenvalue weighted by molar-refractivity contribution is 7.16. The molecule has 2 N–H and O–H groups in total. The van der Waals surface area contributed by atoms with Crippen molar-refractivity contribution in [2.45, 2.75) is 32.7 Å². The Hall–Kier alpha value is -3.44. The highest BCUT2D eigenvalue weighted by Crippen LogP contribution is 2.37. The fourth-order valence-corrected chi connectivity index (χ4v) is 4.51. The van der Waals surface area contributed by atoms with E-state index < -0.39 is 0 Å². The van der Waals surface area contributed by atoms with Gasteiger partial charge in [-0.25, -0.2) is 9.97 Å². The number of hydrogen-bond donors (Lipinski definition) is 2. The van der Waals surface area contributed by atoms with Crippen molar-refractivity contribution in [1.29, 1.82) is 5.26 Å². The number of rotatable bonds is 5. The zero-order valence-electron chi connectivity index (χ0n) is 17.8. The van der Waals surface area contributed by atoms with Crippen molar-refractivity contribution in [2.75, 3.05) is 23.8 Å². The van der Waals surface area contributed by atoms with Crippen LogP contribution >= 0.6 is 11.3 Å². The van der Waals surface area contributed by atoms with Crippen LogP contribution in [-0.4, -0.2) is 29.5 Å². The molecular weight excluding hydrogens is 408 g/mol. The first-order valence-corrected chi connectivity index (χ1v) is 11.0. The molecule has 8 heteroatoms. The van der Waals surface area contributed by atoms with Crippen LogP contribution in [0.15, 0.2) is 36.5 Å². The molecule has 1 aliphatic rings. The van der Waals surface area contributed by atoms with Gasteiger partial charge in [0.1, 0.15) is 22.6 Å². The maximum Gasteiger partial charge on any atom is 0.251 e. The third-order valence-electron chi connectivity index (χ3n) is 5.58. The lowest BCUT2D eigenvalue weighted by Crippen LogP contribution is -2.26. The van der Waals surface area contributed by atoms with E-state index in [0.29, 0.717) is 21.4 Å². The van der Waals surface area contributed by atoms with Crippen molar-refractivity contribution < 1.29 is 4.79 Å². The van der Waals surface area contributed by atoms with Gasteiger partial charge in [-0.2, -0.15) is 5.26 Å². The Morgan fingerprint density at radius 2 is 2.06 bits per heavy atom. The number of aromatic nitrogens is 2. The summed E-state index contributed by atoms with van der Waals surface area (Å²) in [7, 11) is 1.62. The average molecular weight is 433 g/mol. The third kappa shape index (κ3) is 4.23. The van der Waals surface area contributed by atoms with Gasteiger partial charge in [0.2, 0.25) is 0 Å². The predicted molar refractivity (Wildman–Crippen MR) is 123 cm³/mol. The van der Waals surface area contributed by atoms with E-state index in [1.165, 1.54) is 28.7 Å². The van der Waals surface area contributed by atoms with Gasteiger partial charge in [-0.1, -0.05) is 41.2 Å². The number of carbonyl (C=O) groups excluding carboxylic acids is 1. The van der Waals surface area contributed by atoms with Crippen LogP contribution in [0.5, 0.6) is 0 Å². The standard InChI is InChI=1S/C23H24N6OS/c1-14-6-8-16(9-7-14)19-5-4-10-29(19)20-11-18(22(30)25-3)15(2)21(27-20)28-23-26-13-17(12-24)31-23/h6-9,11,13,19H,4-5,10H2,1-3H3,(H,25,30)(H,26,27,28). The van der Waals surface area contributed by atoms with Gasteiger partial charge >= 0.3 is 0 Å². The summed E-state index contributed by atoms with van der Waals surface area (Å²) in [6, 6.07) is 12.8. The zero-order valence-corrected chi connectivity index (χ0v) is 18.6. The van der Waals surface area contributed by atoms with E-state index >= 15 is 0 Å². The van der Waals surface area contributed by atoms with Gasteiger partial charge < -0.3 is 15.5 Å². The van der Waals surface area contributed by atoms with E-state index in [1.54, 1.807) is 7.05 Å². The summed E-state index contributed by atoms with van der Waals surface area (Å²) >= 11 is 1.26. The van der Waals surface area contributed by atoms with Gasteiger partial charge in [0.15, 0.2) is 5.13 Å². The second-order valence-electron chi connectivity index (χ2n) is 7.61. The van der Waals surface area contributed by atoms with Crippen molar-refractivity contribution in [1.82, 2.24) is 15.3 Å². The molecule has 1 amide bonds. The molecule has 31 heavy (non-hydrogen) atoms. The first kappa shape index (κ1) is 20.8. The largest absolute Gasteiger partial charge is 0.355 e. The number of benzene rings is 1. The summed E-state index contributed by atoms with van der Waals surface area (Å²) < 4.78 is 0. The van der Waals surface area contributed by atoms with E-state index in [4.69, 9.17) is 10.2 Å². The minimum Gasteiger partial charge on any atom is -0.355 e. The maximum absolute atomic E-state index is 12.6. The molecule has 158 valence electrons. The number of hydrogen-bond acceptors (Lipinski definition) is 7. The Morgan fingerprint density at radius 3 is 2.74 bits per heavy atom. The van der Waals surface area contributed by atoms with Gasteiger partial charge in [-0.3, -0.25) is 4.79 Å². The normalized spacial score (nSPS) is 15.5. The van der Waals surface area contributed by atoms with Gasteiger partial charge in [-0.05, 0) is 38.3 Å². The number of carbonyl (C=O) groups is 1. The fraction of sp³-hybridized carbons (Fsp3) is 0.304. The molecule has 3 heterocycles. The summed E-state index contributed by atoms with van der Waals surface area (Å²) in [5.41, 5.74) is 3.79. The minimum atomic E-state index is -0.160. The van der Waals surface area contributed by atoms with Gasteiger partial charge in [0.25, 0.3) is 5.91 Å². The molecule has 0 radical (unpaired) electrons. The van der Waals surface area contributed by atoms with Crippen molar-refractivity contribution in [3.05, 3.63) is 63.7 Å². The Bertz CT molecular complexity index is 1150. The quantitative estimate of drug-likeness (QED) is 0.618. The molecule has 1 saturated heterocycles. The van der Waals surface area contributed by atoms with Crippen LogP contribution in [0.4, 0.5) is 16.8 Å². The monoisotopic (exact) mass is 432 g/mol. The molecule has 4 rings (SSSR count). The van der Waals surface area contributed by atoms with Crippen LogP contribution < -0.4 is 15.5 Å². The number of nitrogens with one attached hydrogen (secondary N) is 2. The Balaban J connectivity index is 1.74. The molecule has 3 aromatic rings. The molecule has 7 nitrogen and oxygen atoms in total. The summed E-state index contributed by atoms with van der Waals surface area (Å²) in [5, 5.41) is 15.6. The topological polar surface area (TPSA) is 93.9 Å².